The van der Waals surface area contributed by atoms with E-state index in [0.29, 0.717) is 0 Å². The normalized spacial score (nSPS) is 21.8. The van der Waals surface area contributed by atoms with E-state index >= 15 is 0 Å². The number of aliphatic hydroxyl groups is 1. The van der Waals surface area contributed by atoms with E-state index in [-0.39, 0.29) is 5.25 Å². The predicted octanol–water partition coefficient (Wildman–Crippen LogP) is 3.72. The molecule has 0 saturated heterocycles. The van der Waals surface area contributed by atoms with Crippen molar-refractivity contribution < 1.29 is 9.84 Å². The molecule has 2 nitrogen and oxygen atoms in total. The van der Waals surface area contributed by atoms with Gasteiger partial charge >= 0.3 is 0 Å². The van der Waals surface area contributed by atoms with Gasteiger partial charge in [0, 0.05) is 5.75 Å². The Morgan fingerprint density at radius 1 is 1.16 bits per heavy atom. The Kier molecular flexibility index (Phi) is 3.49. The lowest BCUT2D eigenvalue weighted by Crippen LogP contribution is -2.15. The summed E-state index contributed by atoms with van der Waals surface area (Å²) < 4.78 is 5.24. The number of rotatable bonds is 2. The number of hydrogen-bond donors (Lipinski definition) is 1. The topological polar surface area (TPSA) is 29.5 Å². The number of fused-ring (bicyclic) bond motifs is 1. The van der Waals surface area contributed by atoms with Crippen molar-refractivity contribution in [1.82, 2.24) is 0 Å². The largest absolute Gasteiger partial charge is 0.497 e. The average Bonchev–Trinajstić information content (AvgIpc) is 2.48. The number of hydrogen-bond acceptors (Lipinski definition) is 3. The van der Waals surface area contributed by atoms with E-state index < -0.39 is 6.10 Å². The quantitative estimate of drug-likeness (QED) is 0.903. The van der Waals surface area contributed by atoms with Crippen LogP contribution in [-0.2, 0) is 5.75 Å². The second-order valence-electron chi connectivity index (χ2n) is 4.65. The zero-order chi connectivity index (χ0) is 13.2. The molecule has 2 aromatic rings. The van der Waals surface area contributed by atoms with Crippen LogP contribution in [0.5, 0.6) is 5.75 Å². The third-order valence-electron chi connectivity index (χ3n) is 3.50. The molecule has 0 bridgehead atoms. The minimum Gasteiger partial charge on any atom is -0.497 e. The van der Waals surface area contributed by atoms with Crippen molar-refractivity contribution in [3.63, 3.8) is 0 Å². The molecule has 0 aliphatic carbocycles. The van der Waals surface area contributed by atoms with Crippen LogP contribution >= 0.6 is 11.8 Å². The Bertz CT molecular complexity index is 568. The monoisotopic (exact) mass is 272 g/mol. The molecule has 3 heteroatoms. The average molecular weight is 272 g/mol. The number of thioether (sulfide) groups is 1. The van der Waals surface area contributed by atoms with Crippen LogP contribution in [0.25, 0.3) is 0 Å². The summed E-state index contributed by atoms with van der Waals surface area (Å²) in [6.45, 7) is 0. The highest BCUT2D eigenvalue weighted by atomic mass is 32.2. The Hall–Kier alpha value is -1.45. The maximum absolute atomic E-state index is 10.6. The Morgan fingerprint density at radius 2 is 1.95 bits per heavy atom. The molecule has 0 spiro atoms. The van der Waals surface area contributed by atoms with Crippen molar-refractivity contribution in [3.8, 4) is 5.75 Å². The van der Waals surface area contributed by atoms with Gasteiger partial charge in [0.05, 0.1) is 18.5 Å². The fourth-order valence-corrected chi connectivity index (χ4v) is 3.77. The highest BCUT2D eigenvalue weighted by molar-refractivity contribution is 7.98. The lowest BCUT2D eigenvalue weighted by atomic mass is 9.96. The third-order valence-corrected chi connectivity index (χ3v) is 4.87. The second-order valence-corrected chi connectivity index (χ2v) is 5.78. The summed E-state index contributed by atoms with van der Waals surface area (Å²) in [7, 11) is 1.67. The fourth-order valence-electron chi connectivity index (χ4n) is 2.48. The van der Waals surface area contributed by atoms with Crippen LogP contribution in [-0.4, -0.2) is 12.2 Å². The summed E-state index contributed by atoms with van der Waals surface area (Å²) in [6.07, 6.45) is -0.456. The van der Waals surface area contributed by atoms with Crippen LogP contribution in [0.4, 0.5) is 0 Å². The van der Waals surface area contributed by atoms with Crippen molar-refractivity contribution in [3.05, 3.63) is 65.2 Å². The highest BCUT2D eigenvalue weighted by Crippen LogP contribution is 2.47. The third kappa shape index (κ3) is 2.36. The molecular formula is C16H16O2S. The maximum atomic E-state index is 10.6. The molecule has 19 heavy (non-hydrogen) atoms. The molecule has 1 aliphatic rings. The molecule has 0 radical (unpaired) electrons. The van der Waals surface area contributed by atoms with Gasteiger partial charge in [0.1, 0.15) is 5.75 Å². The van der Waals surface area contributed by atoms with Crippen LogP contribution < -0.4 is 4.74 Å². The van der Waals surface area contributed by atoms with Gasteiger partial charge in [0.2, 0.25) is 0 Å². The summed E-state index contributed by atoms with van der Waals surface area (Å²) in [5.74, 6) is 1.76. The maximum Gasteiger partial charge on any atom is 0.119 e. The van der Waals surface area contributed by atoms with Crippen LogP contribution in [0.3, 0.4) is 0 Å². The van der Waals surface area contributed by atoms with Crippen LogP contribution in [0.1, 0.15) is 28.0 Å². The van der Waals surface area contributed by atoms with E-state index in [1.54, 1.807) is 18.9 Å². The summed E-state index contributed by atoms with van der Waals surface area (Å²) in [5.41, 5.74) is 3.37. The van der Waals surface area contributed by atoms with Gasteiger partial charge in [0.15, 0.2) is 0 Å². The predicted molar refractivity (Wildman–Crippen MR) is 78.4 cm³/mol. The molecule has 0 fully saturated rings. The summed E-state index contributed by atoms with van der Waals surface area (Å²) in [4.78, 5) is 0. The smallest absolute Gasteiger partial charge is 0.119 e. The Labute approximate surface area is 117 Å². The lowest BCUT2D eigenvalue weighted by molar-refractivity contribution is 0.172. The molecule has 3 rings (SSSR count). The standard InChI is InChI=1S/C16H16O2S/c1-18-13-7-8-14-12(9-13)10-19-16(15(14)17)11-5-3-2-4-6-11/h2-9,15-17H,10H2,1H3/t15-,16+/m1/s1. The van der Waals surface area contributed by atoms with Crippen molar-refractivity contribution >= 4 is 11.8 Å². The molecule has 2 aromatic carbocycles. The number of methoxy groups -OCH3 is 1. The zero-order valence-electron chi connectivity index (χ0n) is 10.7. The van der Waals surface area contributed by atoms with E-state index in [1.807, 2.05) is 36.4 Å². The molecule has 2 atom stereocenters. The minimum atomic E-state index is -0.456. The van der Waals surface area contributed by atoms with Crippen LogP contribution in [0, 0.1) is 0 Å². The van der Waals surface area contributed by atoms with Crippen molar-refractivity contribution in [1.29, 1.82) is 0 Å². The first kappa shape index (κ1) is 12.6. The molecule has 1 aliphatic heterocycles. The van der Waals surface area contributed by atoms with Gasteiger partial charge in [-0.25, -0.2) is 0 Å². The van der Waals surface area contributed by atoms with Gasteiger partial charge in [-0.05, 0) is 28.8 Å². The Morgan fingerprint density at radius 3 is 2.68 bits per heavy atom. The summed E-state index contributed by atoms with van der Waals surface area (Å²) in [5, 5.41) is 10.7. The van der Waals surface area contributed by atoms with Gasteiger partial charge in [-0.15, -0.1) is 11.8 Å². The number of ether oxygens (including phenoxy) is 1. The molecule has 0 amide bonds. The van der Waals surface area contributed by atoms with Crippen LogP contribution in [0.2, 0.25) is 0 Å². The van der Waals surface area contributed by atoms with Gasteiger partial charge < -0.3 is 9.84 Å². The van der Waals surface area contributed by atoms with Crippen LogP contribution in [0.15, 0.2) is 48.5 Å². The SMILES string of the molecule is COc1ccc2c(c1)CS[C@@H](c1ccccc1)[C@@H]2O. The first-order chi connectivity index (χ1) is 9.29. The molecule has 0 unspecified atom stereocenters. The molecule has 98 valence electrons. The van der Waals surface area contributed by atoms with Crippen molar-refractivity contribution in [2.45, 2.75) is 17.1 Å². The molecule has 0 aromatic heterocycles. The minimum absolute atomic E-state index is 0.113. The summed E-state index contributed by atoms with van der Waals surface area (Å²) in [6, 6.07) is 16.1. The molecule has 0 saturated carbocycles. The second kappa shape index (κ2) is 5.27. The first-order valence-corrected chi connectivity index (χ1v) is 7.36. The van der Waals surface area contributed by atoms with Gasteiger partial charge in [-0.3, -0.25) is 0 Å². The lowest BCUT2D eigenvalue weighted by Gasteiger charge is -2.30. The summed E-state index contributed by atoms with van der Waals surface area (Å²) >= 11 is 1.78. The highest BCUT2D eigenvalue weighted by Gasteiger charge is 2.29. The van der Waals surface area contributed by atoms with Gasteiger partial charge in [-0.2, -0.15) is 0 Å². The molecular weight excluding hydrogens is 256 g/mol. The van der Waals surface area contributed by atoms with E-state index in [4.69, 9.17) is 4.74 Å². The fraction of sp³-hybridized carbons (Fsp3) is 0.250. The van der Waals surface area contributed by atoms with Crippen molar-refractivity contribution in [2.75, 3.05) is 7.11 Å². The number of aliphatic hydroxyl groups excluding tert-OH is 1. The van der Waals surface area contributed by atoms with Gasteiger partial charge in [0.25, 0.3) is 0 Å². The molecule has 1 heterocycles. The number of benzene rings is 2. The van der Waals surface area contributed by atoms with E-state index in [2.05, 4.69) is 12.1 Å². The van der Waals surface area contributed by atoms with E-state index in [1.165, 1.54) is 11.1 Å². The Balaban J connectivity index is 1.94. The van der Waals surface area contributed by atoms with Gasteiger partial charge in [-0.1, -0.05) is 36.4 Å². The first-order valence-electron chi connectivity index (χ1n) is 6.31. The zero-order valence-corrected chi connectivity index (χ0v) is 11.6. The van der Waals surface area contributed by atoms with E-state index in [0.717, 1.165) is 17.1 Å². The van der Waals surface area contributed by atoms with E-state index in [9.17, 15) is 5.11 Å². The van der Waals surface area contributed by atoms with Crippen molar-refractivity contribution in [2.24, 2.45) is 0 Å². The molecule has 1 N–H and O–H groups in total.